The molecular weight excluding hydrogens is 145 g/mol. The van der Waals surface area contributed by atoms with Crippen molar-refractivity contribution in [2.24, 2.45) is 0 Å². The molecule has 0 spiro atoms. The van der Waals surface area contributed by atoms with Crippen molar-refractivity contribution < 1.29 is 8.82 Å². The number of nitrogens with zero attached hydrogens (tertiary/aromatic N) is 1. The summed E-state index contributed by atoms with van der Waals surface area (Å²) in [4.78, 5) is 0. The van der Waals surface area contributed by atoms with E-state index < -0.39 is 7.29 Å². The van der Waals surface area contributed by atoms with E-state index in [1.807, 2.05) is 13.3 Å². The predicted molar refractivity (Wildman–Crippen MR) is 46.7 cm³/mol. The van der Waals surface area contributed by atoms with E-state index in [1.54, 1.807) is 0 Å². The summed E-state index contributed by atoms with van der Waals surface area (Å²) in [7, 11) is 0.106. The molecule has 62 valence electrons. The Hall–Kier alpha value is 0.190. The van der Waals surface area contributed by atoms with Gasteiger partial charge in [0.25, 0.3) is 0 Å². The molecule has 0 saturated heterocycles. The van der Waals surface area contributed by atoms with Crippen molar-refractivity contribution in [3.63, 3.8) is 0 Å². The van der Waals surface area contributed by atoms with Gasteiger partial charge < -0.3 is 0 Å². The van der Waals surface area contributed by atoms with Crippen molar-refractivity contribution in [2.45, 2.75) is 13.8 Å². The third-order valence-electron chi connectivity index (χ3n) is 2.53. The lowest BCUT2D eigenvalue weighted by Crippen LogP contribution is -2.39. The smallest absolute Gasteiger partial charge is 0.242 e. The molecule has 0 aromatic rings. The van der Waals surface area contributed by atoms with Crippen molar-refractivity contribution in [1.82, 2.24) is 0 Å². The maximum atomic E-state index is 11.7. The Balaban J connectivity index is 4.50. The molecule has 0 amide bonds. The van der Waals surface area contributed by atoms with Crippen LogP contribution in [0.5, 0.6) is 0 Å². The summed E-state index contributed by atoms with van der Waals surface area (Å²) < 4.78 is 12.4. The van der Waals surface area contributed by atoms with Crippen LogP contribution in [-0.4, -0.2) is 37.7 Å². The van der Waals surface area contributed by atoms with Crippen LogP contribution in [0.25, 0.3) is 0 Å². The lowest BCUT2D eigenvalue weighted by atomic mass is 10.6. The molecule has 2 nitrogen and oxygen atoms in total. The van der Waals surface area contributed by atoms with Crippen LogP contribution >= 0.6 is 7.29 Å². The summed E-state index contributed by atoms with van der Waals surface area (Å²) in [5.41, 5.74) is 0. The maximum absolute atomic E-state index is 11.7. The van der Waals surface area contributed by atoms with Crippen molar-refractivity contribution in [3.05, 3.63) is 0 Å². The van der Waals surface area contributed by atoms with Gasteiger partial charge in [0.1, 0.15) is 0 Å². The number of hydrogen-bond donors (Lipinski definition) is 0. The summed E-state index contributed by atoms with van der Waals surface area (Å²) in [6, 6.07) is 0. The molecule has 0 N–H and O–H groups in total. The van der Waals surface area contributed by atoms with Gasteiger partial charge in [0, 0.05) is 13.3 Å². The first-order valence-electron chi connectivity index (χ1n) is 3.77. The topological polar surface area (TPSA) is 17.1 Å². The van der Waals surface area contributed by atoms with E-state index >= 15 is 0 Å². The molecule has 0 aliphatic carbocycles. The fourth-order valence-corrected chi connectivity index (χ4v) is 2.27. The molecule has 0 heterocycles. The van der Waals surface area contributed by atoms with E-state index in [4.69, 9.17) is 0 Å². The Kier molecular flexibility index (Phi) is 3.12. The third kappa shape index (κ3) is 1.83. The number of hydrogen-bond acceptors (Lipinski definition) is 1. The largest absolute Gasteiger partial charge is 0.287 e. The van der Waals surface area contributed by atoms with Gasteiger partial charge in [0.15, 0.2) is 0 Å². The van der Waals surface area contributed by atoms with Crippen LogP contribution in [0.15, 0.2) is 0 Å². The highest BCUT2D eigenvalue weighted by Gasteiger charge is 2.30. The maximum Gasteiger partial charge on any atom is 0.242 e. The van der Waals surface area contributed by atoms with Gasteiger partial charge >= 0.3 is 0 Å². The van der Waals surface area contributed by atoms with Crippen LogP contribution < -0.4 is 0 Å². The van der Waals surface area contributed by atoms with E-state index in [2.05, 4.69) is 20.9 Å². The van der Waals surface area contributed by atoms with E-state index in [0.717, 1.165) is 13.1 Å². The summed E-state index contributed by atoms with van der Waals surface area (Å²) in [6.45, 7) is 9.81. The SMILES string of the molecule is CC[N+](C)(CC)P(C)(C)=O. The van der Waals surface area contributed by atoms with Crippen LogP contribution in [0.3, 0.4) is 0 Å². The van der Waals surface area contributed by atoms with Gasteiger partial charge in [0.2, 0.25) is 7.29 Å². The van der Waals surface area contributed by atoms with Crippen LogP contribution in [-0.2, 0) is 4.57 Å². The highest BCUT2D eigenvalue weighted by atomic mass is 31.2. The molecule has 0 aromatic heterocycles. The van der Waals surface area contributed by atoms with Gasteiger partial charge in [-0.25, -0.2) is 0 Å². The fourth-order valence-electron chi connectivity index (χ4n) is 0.905. The van der Waals surface area contributed by atoms with Gasteiger partial charge in [-0.2, -0.15) is 0 Å². The Morgan fingerprint density at radius 3 is 1.50 bits per heavy atom. The molecule has 0 aromatic carbocycles. The van der Waals surface area contributed by atoms with Gasteiger partial charge in [0.05, 0.1) is 20.1 Å². The molecular formula is C7H19NOP+. The van der Waals surface area contributed by atoms with Crippen molar-refractivity contribution in [3.8, 4) is 0 Å². The summed E-state index contributed by atoms with van der Waals surface area (Å²) in [5.74, 6) is 0. The monoisotopic (exact) mass is 164 g/mol. The van der Waals surface area contributed by atoms with E-state index in [0.29, 0.717) is 4.25 Å². The molecule has 0 fully saturated rings. The average Bonchev–Trinajstić information content (AvgIpc) is 1.84. The minimum absolute atomic E-state index is 0.715. The Labute approximate surface area is 64.2 Å². The molecule has 10 heavy (non-hydrogen) atoms. The van der Waals surface area contributed by atoms with Gasteiger partial charge in [-0.1, -0.05) is 0 Å². The second-order valence-electron chi connectivity index (χ2n) is 3.27. The lowest BCUT2D eigenvalue weighted by molar-refractivity contribution is -0.786. The highest BCUT2D eigenvalue weighted by molar-refractivity contribution is 7.56. The Morgan fingerprint density at radius 2 is 1.50 bits per heavy atom. The lowest BCUT2D eigenvalue weighted by Gasteiger charge is -2.35. The minimum atomic E-state index is -1.95. The minimum Gasteiger partial charge on any atom is -0.287 e. The van der Waals surface area contributed by atoms with Gasteiger partial charge in [-0.15, -0.1) is 0 Å². The fraction of sp³-hybridized carbons (Fsp3) is 1.00. The quantitative estimate of drug-likeness (QED) is 0.583. The Bertz CT molecular complexity index is 146. The molecule has 0 rings (SSSR count). The van der Waals surface area contributed by atoms with Crippen molar-refractivity contribution in [1.29, 1.82) is 0 Å². The van der Waals surface area contributed by atoms with Crippen LogP contribution in [0, 0.1) is 0 Å². The molecule has 0 saturated carbocycles. The van der Waals surface area contributed by atoms with Crippen LogP contribution in [0.1, 0.15) is 13.8 Å². The van der Waals surface area contributed by atoms with E-state index in [-0.39, 0.29) is 0 Å². The number of rotatable bonds is 3. The first-order chi connectivity index (χ1) is 4.37. The normalized spacial score (nSPS) is 13.7. The average molecular weight is 164 g/mol. The first kappa shape index (κ1) is 10.2. The third-order valence-corrected chi connectivity index (χ3v) is 5.42. The van der Waals surface area contributed by atoms with Crippen LogP contribution in [0.4, 0.5) is 0 Å². The van der Waals surface area contributed by atoms with Crippen LogP contribution in [0.2, 0.25) is 0 Å². The van der Waals surface area contributed by atoms with Crippen molar-refractivity contribution in [2.75, 3.05) is 33.5 Å². The highest BCUT2D eigenvalue weighted by Crippen LogP contribution is 2.46. The van der Waals surface area contributed by atoms with Crippen molar-refractivity contribution >= 4 is 7.29 Å². The van der Waals surface area contributed by atoms with Gasteiger partial charge in [-0.3, -0.25) is 8.82 Å². The molecule has 0 bridgehead atoms. The zero-order chi connectivity index (χ0) is 8.41. The predicted octanol–water partition coefficient (Wildman–Crippen LogP) is 2.01. The molecule has 3 heteroatoms. The van der Waals surface area contributed by atoms with E-state index in [9.17, 15) is 4.57 Å². The summed E-state index contributed by atoms with van der Waals surface area (Å²) in [6.07, 6.45) is 0. The molecule has 0 aliphatic rings. The van der Waals surface area contributed by atoms with E-state index in [1.165, 1.54) is 0 Å². The number of quaternary nitrogens is 1. The molecule has 0 radical (unpaired) electrons. The Morgan fingerprint density at radius 1 is 1.20 bits per heavy atom. The molecule has 0 atom stereocenters. The second kappa shape index (κ2) is 3.06. The zero-order valence-electron chi connectivity index (χ0n) is 7.72. The van der Waals surface area contributed by atoms with Gasteiger partial charge in [-0.05, 0) is 13.8 Å². The standard InChI is InChI=1S/C7H19NOP/c1-6-8(3,7-2)10(4,5)9/h6-7H2,1-5H3/q+1. The molecule has 0 unspecified atom stereocenters. The summed E-state index contributed by atoms with van der Waals surface area (Å²) in [5, 5.41) is 0. The molecule has 0 aliphatic heterocycles. The zero-order valence-corrected chi connectivity index (χ0v) is 8.61. The summed E-state index contributed by atoms with van der Waals surface area (Å²) >= 11 is 0. The first-order valence-corrected chi connectivity index (χ1v) is 6.32. The second-order valence-corrected chi connectivity index (χ2v) is 6.82.